The van der Waals surface area contributed by atoms with Gasteiger partial charge in [0.25, 0.3) is 0 Å². The maximum absolute atomic E-state index is 5.53. The van der Waals surface area contributed by atoms with Gasteiger partial charge in [0.05, 0.1) is 12.7 Å². The van der Waals surface area contributed by atoms with Crippen LogP contribution in [0.4, 0.5) is 0 Å². The van der Waals surface area contributed by atoms with Crippen LogP contribution in [0.1, 0.15) is 33.6 Å². The topological polar surface area (TPSA) is 21.3 Å². The van der Waals surface area contributed by atoms with E-state index in [1.54, 1.807) is 0 Å². The van der Waals surface area contributed by atoms with E-state index in [0.29, 0.717) is 12.1 Å². The second-order valence-corrected chi connectivity index (χ2v) is 3.88. The van der Waals surface area contributed by atoms with E-state index in [1.165, 1.54) is 12.8 Å². The van der Waals surface area contributed by atoms with Gasteiger partial charge in [0, 0.05) is 6.04 Å². The minimum absolute atomic E-state index is 0.473. The van der Waals surface area contributed by atoms with Gasteiger partial charge in [-0.25, -0.2) is 0 Å². The fraction of sp³-hybridized carbons (Fsp3) is 1.00. The van der Waals surface area contributed by atoms with Crippen molar-refractivity contribution in [2.45, 2.75) is 45.8 Å². The fourth-order valence-electron chi connectivity index (χ4n) is 1.74. The Morgan fingerprint density at radius 2 is 2.33 bits per heavy atom. The van der Waals surface area contributed by atoms with Gasteiger partial charge in [-0.05, 0) is 39.2 Å². The lowest BCUT2D eigenvalue weighted by molar-refractivity contribution is 0.117. The van der Waals surface area contributed by atoms with Gasteiger partial charge in [-0.15, -0.1) is 0 Å². The lowest BCUT2D eigenvalue weighted by Gasteiger charge is -2.18. The number of hydrogen-bond donors (Lipinski definition) is 1. The van der Waals surface area contributed by atoms with Crippen molar-refractivity contribution in [2.24, 2.45) is 5.92 Å². The van der Waals surface area contributed by atoms with Gasteiger partial charge >= 0.3 is 0 Å². The third-order valence-electron chi connectivity index (χ3n) is 2.65. The first-order valence-corrected chi connectivity index (χ1v) is 5.09. The van der Waals surface area contributed by atoms with Crippen LogP contribution in [-0.2, 0) is 4.74 Å². The summed E-state index contributed by atoms with van der Waals surface area (Å²) in [7, 11) is 0. The molecule has 2 nitrogen and oxygen atoms in total. The predicted molar refractivity (Wildman–Crippen MR) is 51.3 cm³/mol. The van der Waals surface area contributed by atoms with Crippen LogP contribution in [0.2, 0.25) is 0 Å². The van der Waals surface area contributed by atoms with Crippen LogP contribution in [0.15, 0.2) is 0 Å². The number of hydrogen-bond acceptors (Lipinski definition) is 2. The Kier molecular flexibility index (Phi) is 4.02. The molecule has 0 bridgehead atoms. The lowest BCUT2D eigenvalue weighted by Crippen LogP contribution is -2.34. The average Bonchev–Trinajstić information content (AvgIpc) is 2.47. The highest BCUT2D eigenvalue weighted by molar-refractivity contribution is 4.78. The largest absolute Gasteiger partial charge is 0.378 e. The number of nitrogens with one attached hydrogen (secondary N) is 1. The zero-order chi connectivity index (χ0) is 8.97. The van der Waals surface area contributed by atoms with Crippen LogP contribution < -0.4 is 5.32 Å². The van der Waals surface area contributed by atoms with E-state index in [2.05, 4.69) is 26.1 Å². The summed E-state index contributed by atoms with van der Waals surface area (Å²) in [6, 6.07) is 0.620. The van der Waals surface area contributed by atoms with Crippen molar-refractivity contribution in [3.8, 4) is 0 Å². The van der Waals surface area contributed by atoms with E-state index in [4.69, 9.17) is 4.74 Å². The maximum Gasteiger partial charge on any atom is 0.0551 e. The molecule has 0 aromatic carbocycles. The molecule has 1 heterocycles. The molecule has 1 aliphatic heterocycles. The van der Waals surface area contributed by atoms with Gasteiger partial charge in [0.15, 0.2) is 0 Å². The first kappa shape index (κ1) is 10.0. The van der Waals surface area contributed by atoms with Crippen molar-refractivity contribution < 1.29 is 4.74 Å². The Hall–Kier alpha value is -0.0800. The van der Waals surface area contributed by atoms with Crippen LogP contribution in [-0.4, -0.2) is 25.3 Å². The third-order valence-corrected chi connectivity index (χ3v) is 2.65. The highest BCUT2D eigenvalue weighted by Crippen LogP contribution is 2.21. The first-order valence-electron chi connectivity index (χ1n) is 5.09. The molecule has 1 rings (SSSR count). The standard InChI is InChI=1S/C10H21NO/c1-4-5-11-9(3)10-6-8(2)12-7-10/h8-11H,4-7H2,1-3H3. The summed E-state index contributed by atoms with van der Waals surface area (Å²) < 4.78 is 5.53. The second-order valence-electron chi connectivity index (χ2n) is 3.88. The van der Waals surface area contributed by atoms with E-state index >= 15 is 0 Å². The summed E-state index contributed by atoms with van der Waals surface area (Å²) in [6.45, 7) is 8.70. The lowest BCUT2D eigenvalue weighted by atomic mass is 9.98. The van der Waals surface area contributed by atoms with Crippen molar-refractivity contribution in [2.75, 3.05) is 13.2 Å². The first-order chi connectivity index (χ1) is 5.74. The Labute approximate surface area is 75.7 Å². The molecule has 0 aliphatic carbocycles. The van der Waals surface area contributed by atoms with Crippen LogP contribution >= 0.6 is 0 Å². The van der Waals surface area contributed by atoms with Gasteiger partial charge in [0.2, 0.25) is 0 Å². The second kappa shape index (κ2) is 4.83. The van der Waals surface area contributed by atoms with Gasteiger partial charge in [0.1, 0.15) is 0 Å². The third kappa shape index (κ3) is 2.76. The van der Waals surface area contributed by atoms with Gasteiger partial charge in [-0.3, -0.25) is 0 Å². The minimum atomic E-state index is 0.473. The highest BCUT2D eigenvalue weighted by atomic mass is 16.5. The summed E-state index contributed by atoms with van der Waals surface area (Å²) in [5.74, 6) is 0.728. The summed E-state index contributed by atoms with van der Waals surface area (Å²) in [5.41, 5.74) is 0. The average molecular weight is 171 g/mol. The van der Waals surface area contributed by atoms with E-state index in [-0.39, 0.29) is 0 Å². The molecule has 1 fully saturated rings. The molecule has 0 aromatic rings. The molecule has 2 heteroatoms. The van der Waals surface area contributed by atoms with Gasteiger partial charge in [-0.2, -0.15) is 0 Å². The molecule has 3 unspecified atom stereocenters. The molecule has 12 heavy (non-hydrogen) atoms. The predicted octanol–water partition coefficient (Wildman–Crippen LogP) is 1.80. The van der Waals surface area contributed by atoms with Crippen molar-refractivity contribution >= 4 is 0 Å². The fourth-order valence-corrected chi connectivity index (χ4v) is 1.74. The minimum Gasteiger partial charge on any atom is -0.378 e. The van der Waals surface area contributed by atoms with Crippen LogP contribution in [0.25, 0.3) is 0 Å². The van der Waals surface area contributed by atoms with Crippen LogP contribution in [0, 0.1) is 5.92 Å². The maximum atomic E-state index is 5.53. The molecule has 0 aromatic heterocycles. The smallest absolute Gasteiger partial charge is 0.0551 e. The van der Waals surface area contributed by atoms with Crippen molar-refractivity contribution in [1.29, 1.82) is 0 Å². The van der Waals surface area contributed by atoms with Crippen molar-refractivity contribution in [1.82, 2.24) is 5.32 Å². The molecule has 0 saturated carbocycles. The molecule has 1 aliphatic rings. The molecule has 1 N–H and O–H groups in total. The van der Waals surface area contributed by atoms with Gasteiger partial charge < -0.3 is 10.1 Å². The summed E-state index contributed by atoms with van der Waals surface area (Å²) in [5, 5.41) is 3.51. The summed E-state index contributed by atoms with van der Waals surface area (Å²) in [6.07, 6.45) is 2.91. The molecule has 0 radical (unpaired) electrons. The summed E-state index contributed by atoms with van der Waals surface area (Å²) >= 11 is 0. The van der Waals surface area contributed by atoms with E-state index in [0.717, 1.165) is 19.1 Å². The normalized spacial score (nSPS) is 32.2. The van der Waals surface area contributed by atoms with Gasteiger partial charge in [-0.1, -0.05) is 6.92 Å². The zero-order valence-electron chi connectivity index (χ0n) is 8.47. The van der Waals surface area contributed by atoms with Crippen molar-refractivity contribution in [3.63, 3.8) is 0 Å². The molecular formula is C10H21NO. The van der Waals surface area contributed by atoms with Crippen LogP contribution in [0.5, 0.6) is 0 Å². The van der Waals surface area contributed by atoms with E-state index in [9.17, 15) is 0 Å². The molecular weight excluding hydrogens is 150 g/mol. The Bertz CT molecular complexity index is 127. The van der Waals surface area contributed by atoms with E-state index in [1.807, 2.05) is 0 Å². The quantitative estimate of drug-likeness (QED) is 0.696. The highest BCUT2D eigenvalue weighted by Gasteiger charge is 2.26. The number of ether oxygens (including phenoxy) is 1. The Morgan fingerprint density at radius 1 is 1.58 bits per heavy atom. The molecule has 0 spiro atoms. The Morgan fingerprint density at radius 3 is 2.83 bits per heavy atom. The zero-order valence-corrected chi connectivity index (χ0v) is 8.47. The Balaban J connectivity index is 2.18. The van der Waals surface area contributed by atoms with Crippen molar-refractivity contribution in [3.05, 3.63) is 0 Å². The summed E-state index contributed by atoms with van der Waals surface area (Å²) in [4.78, 5) is 0. The molecule has 0 amide bonds. The monoisotopic (exact) mass is 171 g/mol. The molecule has 1 saturated heterocycles. The molecule has 72 valence electrons. The molecule has 3 atom stereocenters. The number of rotatable bonds is 4. The van der Waals surface area contributed by atoms with Crippen LogP contribution in [0.3, 0.4) is 0 Å². The SMILES string of the molecule is CCCNC(C)C1COC(C)C1. The van der Waals surface area contributed by atoms with E-state index < -0.39 is 0 Å².